The predicted octanol–water partition coefficient (Wildman–Crippen LogP) is 4.45. The van der Waals surface area contributed by atoms with Crippen molar-refractivity contribution in [3.05, 3.63) is 54.6 Å². The first kappa shape index (κ1) is 14.4. The second-order valence-corrected chi connectivity index (χ2v) is 7.94. The van der Waals surface area contributed by atoms with Crippen molar-refractivity contribution in [2.24, 2.45) is 0 Å². The molecule has 1 nitrogen and oxygen atoms in total. The average Bonchev–Trinajstić information content (AvgIpc) is 2.37. The molecule has 0 saturated carbocycles. The predicted molar refractivity (Wildman–Crippen MR) is 85.3 cm³/mol. The summed E-state index contributed by atoms with van der Waals surface area (Å²) in [5.74, 6) is 0.870. The Balaban J connectivity index is 2.24. The highest BCUT2D eigenvalue weighted by molar-refractivity contribution is 7.95. The first-order valence-electron chi connectivity index (χ1n) is 6.26. The lowest BCUT2D eigenvalue weighted by molar-refractivity contribution is 0.131. The Kier molecular flexibility index (Phi) is 4.50. The normalized spacial score (nSPS) is 13.1. The molecule has 0 aliphatic heterocycles. The van der Waals surface area contributed by atoms with Gasteiger partial charge < -0.3 is 4.74 Å². The first-order chi connectivity index (χ1) is 8.96. The monoisotopic (exact) mass is 292 g/mol. The second-order valence-electron chi connectivity index (χ2n) is 5.33. The molecule has 100 valence electrons. The molecule has 1 atom stereocenters. The van der Waals surface area contributed by atoms with Gasteiger partial charge in [0.05, 0.1) is 7.27 Å². The molecular weight excluding hydrogens is 275 g/mol. The van der Waals surface area contributed by atoms with E-state index in [0.717, 1.165) is 16.4 Å². The Bertz CT molecular complexity index is 534. The lowest BCUT2D eigenvalue weighted by atomic mass is 10.2. The van der Waals surface area contributed by atoms with E-state index in [1.165, 1.54) is 0 Å². The van der Waals surface area contributed by atoms with Crippen molar-refractivity contribution in [1.82, 2.24) is 0 Å². The van der Waals surface area contributed by atoms with Crippen LogP contribution in [-0.4, -0.2) is 5.60 Å². The molecule has 0 aliphatic rings. The van der Waals surface area contributed by atoms with Crippen LogP contribution in [0.4, 0.5) is 0 Å². The fraction of sp³-hybridized carbons (Fsp3) is 0.250. The Morgan fingerprint density at radius 2 is 1.53 bits per heavy atom. The number of halogens is 1. The second kappa shape index (κ2) is 5.94. The van der Waals surface area contributed by atoms with Crippen LogP contribution in [0.5, 0.6) is 5.75 Å². The highest BCUT2D eigenvalue weighted by Gasteiger charge is 2.14. The third kappa shape index (κ3) is 4.23. The lowest BCUT2D eigenvalue weighted by Gasteiger charge is -2.22. The van der Waals surface area contributed by atoms with Crippen molar-refractivity contribution in [3.8, 4) is 5.75 Å². The van der Waals surface area contributed by atoms with Crippen molar-refractivity contribution >= 4 is 29.1 Å². The molecule has 2 rings (SSSR count). The minimum Gasteiger partial charge on any atom is -0.488 e. The summed E-state index contributed by atoms with van der Waals surface area (Å²) in [4.78, 5) is 0. The minimum absolute atomic E-state index is 0.194. The largest absolute Gasteiger partial charge is 0.488 e. The molecule has 0 amide bonds. The molecule has 0 spiro atoms. The van der Waals surface area contributed by atoms with Gasteiger partial charge in [-0.15, -0.1) is 0 Å². The van der Waals surface area contributed by atoms with Crippen LogP contribution in [0.2, 0.25) is 0 Å². The lowest BCUT2D eigenvalue weighted by Crippen LogP contribution is -2.23. The molecule has 0 bridgehead atoms. The molecule has 3 heteroatoms. The highest BCUT2D eigenvalue weighted by atomic mass is 35.7. The van der Waals surface area contributed by atoms with E-state index in [2.05, 4.69) is 18.2 Å². The SMILES string of the molecule is CC(C)(C)Oc1cccc(P(Cl)c2ccccc2)c1. The molecule has 0 radical (unpaired) electrons. The smallest absolute Gasteiger partial charge is 0.120 e. The number of benzene rings is 2. The summed E-state index contributed by atoms with van der Waals surface area (Å²) in [5, 5.41) is 2.27. The van der Waals surface area contributed by atoms with Crippen LogP contribution in [0.25, 0.3) is 0 Å². The van der Waals surface area contributed by atoms with Gasteiger partial charge in [-0.2, -0.15) is 0 Å². The van der Waals surface area contributed by atoms with E-state index in [9.17, 15) is 0 Å². The molecular formula is C16H18ClOP. The summed E-state index contributed by atoms with van der Waals surface area (Å²) in [7, 11) is -0.836. The topological polar surface area (TPSA) is 9.23 Å². The number of rotatable bonds is 3. The standard InChI is InChI=1S/C16H18ClOP/c1-16(2,3)18-13-8-7-11-15(12-13)19(17)14-9-5-4-6-10-14/h4-12H,1-3H3. The van der Waals surface area contributed by atoms with Crippen molar-refractivity contribution in [2.45, 2.75) is 26.4 Å². The molecule has 0 aliphatic carbocycles. The van der Waals surface area contributed by atoms with E-state index < -0.39 is 7.27 Å². The van der Waals surface area contributed by atoms with Gasteiger partial charge in [-0.05, 0) is 43.5 Å². The van der Waals surface area contributed by atoms with E-state index in [4.69, 9.17) is 16.0 Å². The van der Waals surface area contributed by atoms with Crippen LogP contribution >= 0.6 is 18.5 Å². The summed E-state index contributed by atoms with van der Waals surface area (Å²) < 4.78 is 5.88. The van der Waals surface area contributed by atoms with Gasteiger partial charge in [0.15, 0.2) is 0 Å². The molecule has 2 aromatic rings. The molecule has 2 aromatic carbocycles. The zero-order valence-electron chi connectivity index (χ0n) is 11.4. The quantitative estimate of drug-likeness (QED) is 0.760. The van der Waals surface area contributed by atoms with Gasteiger partial charge in [0.1, 0.15) is 11.4 Å². The molecule has 0 saturated heterocycles. The number of hydrogen-bond donors (Lipinski definition) is 0. The minimum atomic E-state index is -0.836. The molecule has 1 unspecified atom stereocenters. The van der Waals surface area contributed by atoms with Crippen LogP contribution in [0.3, 0.4) is 0 Å². The van der Waals surface area contributed by atoms with Gasteiger partial charge in [0.2, 0.25) is 0 Å². The number of ether oxygens (including phenoxy) is 1. The number of hydrogen-bond acceptors (Lipinski definition) is 1. The summed E-state index contributed by atoms with van der Waals surface area (Å²) in [6, 6.07) is 18.2. The van der Waals surface area contributed by atoms with E-state index in [1.807, 2.05) is 57.2 Å². The Morgan fingerprint density at radius 3 is 2.16 bits per heavy atom. The Labute approximate surface area is 121 Å². The van der Waals surface area contributed by atoms with Gasteiger partial charge >= 0.3 is 0 Å². The van der Waals surface area contributed by atoms with Gasteiger partial charge in [0, 0.05) is 0 Å². The zero-order valence-corrected chi connectivity index (χ0v) is 13.1. The van der Waals surface area contributed by atoms with Crippen LogP contribution < -0.4 is 15.3 Å². The van der Waals surface area contributed by atoms with Gasteiger partial charge in [0.25, 0.3) is 0 Å². The first-order valence-corrected chi connectivity index (χ1v) is 8.50. The van der Waals surface area contributed by atoms with Gasteiger partial charge in [-0.25, -0.2) is 0 Å². The molecule has 0 fully saturated rings. The van der Waals surface area contributed by atoms with Crippen molar-refractivity contribution < 1.29 is 4.74 Å². The van der Waals surface area contributed by atoms with Crippen molar-refractivity contribution in [2.75, 3.05) is 0 Å². The summed E-state index contributed by atoms with van der Waals surface area (Å²) >= 11 is 6.58. The van der Waals surface area contributed by atoms with E-state index in [1.54, 1.807) is 0 Å². The van der Waals surface area contributed by atoms with Crippen LogP contribution in [-0.2, 0) is 0 Å². The molecule has 19 heavy (non-hydrogen) atoms. The fourth-order valence-electron chi connectivity index (χ4n) is 1.73. The van der Waals surface area contributed by atoms with Gasteiger partial charge in [-0.1, -0.05) is 53.7 Å². The van der Waals surface area contributed by atoms with E-state index in [-0.39, 0.29) is 5.60 Å². The van der Waals surface area contributed by atoms with Crippen molar-refractivity contribution in [1.29, 1.82) is 0 Å². The maximum absolute atomic E-state index is 6.58. The third-order valence-electron chi connectivity index (χ3n) is 2.45. The van der Waals surface area contributed by atoms with Crippen LogP contribution in [0.15, 0.2) is 54.6 Å². The van der Waals surface area contributed by atoms with Crippen LogP contribution in [0, 0.1) is 0 Å². The maximum Gasteiger partial charge on any atom is 0.120 e. The summed E-state index contributed by atoms with van der Waals surface area (Å²) in [5.41, 5.74) is -0.194. The third-order valence-corrected chi connectivity index (χ3v) is 5.11. The van der Waals surface area contributed by atoms with Gasteiger partial charge in [-0.3, -0.25) is 0 Å². The molecule has 0 heterocycles. The summed E-state index contributed by atoms with van der Waals surface area (Å²) in [6.45, 7) is 6.13. The summed E-state index contributed by atoms with van der Waals surface area (Å²) in [6.07, 6.45) is 0. The zero-order chi connectivity index (χ0) is 13.9. The Morgan fingerprint density at radius 1 is 0.895 bits per heavy atom. The Hall–Kier alpha value is -1.04. The maximum atomic E-state index is 6.58. The highest BCUT2D eigenvalue weighted by Crippen LogP contribution is 2.39. The van der Waals surface area contributed by atoms with Crippen LogP contribution in [0.1, 0.15) is 20.8 Å². The fourth-order valence-corrected chi connectivity index (χ4v) is 3.57. The average molecular weight is 293 g/mol. The molecule has 0 aromatic heterocycles. The van der Waals surface area contributed by atoms with Crippen molar-refractivity contribution in [3.63, 3.8) is 0 Å². The van der Waals surface area contributed by atoms with E-state index >= 15 is 0 Å². The molecule has 0 N–H and O–H groups in total. The van der Waals surface area contributed by atoms with E-state index in [0.29, 0.717) is 0 Å².